The van der Waals surface area contributed by atoms with Gasteiger partial charge in [-0.1, -0.05) is 41.9 Å². The Kier molecular flexibility index (Phi) is 7.34. The van der Waals surface area contributed by atoms with Crippen molar-refractivity contribution in [2.75, 3.05) is 51.3 Å². The van der Waals surface area contributed by atoms with Crippen LogP contribution in [0.3, 0.4) is 0 Å². The molecule has 2 aromatic rings. The molecule has 148 valence electrons. The van der Waals surface area contributed by atoms with E-state index in [-0.39, 0.29) is 5.91 Å². The van der Waals surface area contributed by atoms with E-state index < -0.39 is 0 Å². The Morgan fingerprint density at radius 1 is 1.11 bits per heavy atom. The Morgan fingerprint density at radius 3 is 2.57 bits per heavy atom. The van der Waals surface area contributed by atoms with Gasteiger partial charge in [0, 0.05) is 50.4 Å². The lowest BCUT2D eigenvalue weighted by Crippen LogP contribution is -2.48. The third kappa shape index (κ3) is 5.50. The van der Waals surface area contributed by atoms with Crippen LogP contribution in [0.25, 0.3) is 6.08 Å². The number of anilines is 1. The van der Waals surface area contributed by atoms with Crippen LogP contribution < -0.4 is 15.0 Å². The smallest absolute Gasteiger partial charge is 0.244 e. The second-order valence-corrected chi connectivity index (χ2v) is 7.05. The summed E-state index contributed by atoms with van der Waals surface area (Å²) in [6, 6.07) is 15.6. The van der Waals surface area contributed by atoms with Crippen molar-refractivity contribution < 1.29 is 9.53 Å². The highest BCUT2D eigenvalue weighted by Crippen LogP contribution is 2.28. The van der Waals surface area contributed by atoms with Crippen molar-refractivity contribution in [3.05, 3.63) is 65.2 Å². The number of methoxy groups -OCH3 is 1. The second-order valence-electron chi connectivity index (χ2n) is 6.65. The van der Waals surface area contributed by atoms with Gasteiger partial charge in [-0.05, 0) is 29.8 Å². The van der Waals surface area contributed by atoms with E-state index in [1.807, 2.05) is 42.5 Å². The summed E-state index contributed by atoms with van der Waals surface area (Å²) in [5, 5.41) is 3.58. The minimum atomic E-state index is -0.104. The number of carbonyl (C=O) groups is 1. The molecule has 6 heteroatoms. The zero-order valence-electron chi connectivity index (χ0n) is 16.1. The van der Waals surface area contributed by atoms with Gasteiger partial charge in [0.15, 0.2) is 0 Å². The van der Waals surface area contributed by atoms with E-state index in [1.165, 1.54) is 6.08 Å². The van der Waals surface area contributed by atoms with Crippen molar-refractivity contribution in [3.8, 4) is 5.75 Å². The molecule has 1 N–H and O–H groups in total. The summed E-state index contributed by atoms with van der Waals surface area (Å²) in [5.41, 5.74) is 1.98. The number of nitrogens with zero attached hydrogens (tertiary/aromatic N) is 2. The molecule has 28 heavy (non-hydrogen) atoms. The van der Waals surface area contributed by atoms with Crippen LogP contribution in [0.15, 0.2) is 54.6 Å². The topological polar surface area (TPSA) is 44.8 Å². The van der Waals surface area contributed by atoms with Crippen LogP contribution in [-0.2, 0) is 4.79 Å². The molecule has 0 spiro atoms. The number of piperazine rings is 1. The lowest BCUT2D eigenvalue weighted by atomic mass is 10.2. The Bertz CT molecular complexity index is 817. The maximum absolute atomic E-state index is 12.0. The first-order valence-electron chi connectivity index (χ1n) is 9.48. The summed E-state index contributed by atoms with van der Waals surface area (Å²) in [7, 11) is 1.71. The molecule has 0 radical (unpaired) electrons. The van der Waals surface area contributed by atoms with E-state index >= 15 is 0 Å². The van der Waals surface area contributed by atoms with Gasteiger partial charge in [-0.2, -0.15) is 0 Å². The molecule has 0 aromatic heterocycles. The number of carbonyl (C=O) groups excluding carboxylic acids is 1. The van der Waals surface area contributed by atoms with E-state index in [0.717, 1.165) is 49.7 Å². The number of amides is 1. The molecule has 0 saturated carbocycles. The molecule has 2 aromatic carbocycles. The van der Waals surface area contributed by atoms with Gasteiger partial charge < -0.3 is 15.0 Å². The van der Waals surface area contributed by atoms with Crippen molar-refractivity contribution in [1.29, 1.82) is 0 Å². The quantitative estimate of drug-likeness (QED) is 0.725. The number of hydrogen-bond donors (Lipinski definition) is 1. The lowest BCUT2D eigenvalue weighted by Gasteiger charge is -2.36. The van der Waals surface area contributed by atoms with Crippen molar-refractivity contribution >= 4 is 29.3 Å². The number of rotatable bonds is 7. The zero-order chi connectivity index (χ0) is 19.8. The van der Waals surface area contributed by atoms with E-state index in [2.05, 4.69) is 21.2 Å². The van der Waals surface area contributed by atoms with E-state index in [1.54, 1.807) is 13.2 Å². The van der Waals surface area contributed by atoms with Crippen LogP contribution in [0.1, 0.15) is 5.56 Å². The first-order chi connectivity index (χ1) is 13.7. The fourth-order valence-corrected chi connectivity index (χ4v) is 3.47. The first-order valence-corrected chi connectivity index (χ1v) is 9.86. The van der Waals surface area contributed by atoms with Crippen LogP contribution in [0, 0.1) is 0 Å². The van der Waals surface area contributed by atoms with Crippen molar-refractivity contribution in [3.63, 3.8) is 0 Å². The van der Waals surface area contributed by atoms with Gasteiger partial charge in [0.25, 0.3) is 0 Å². The van der Waals surface area contributed by atoms with E-state index in [0.29, 0.717) is 11.6 Å². The predicted octanol–water partition coefficient (Wildman–Crippen LogP) is 3.30. The van der Waals surface area contributed by atoms with E-state index in [4.69, 9.17) is 16.3 Å². The van der Waals surface area contributed by atoms with Gasteiger partial charge in [-0.3, -0.25) is 9.69 Å². The van der Waals surface area contributed by atoms with Gasteiger partial charge in [0.1, 0.15) is 5.75 Å². The summed E-state index contributed by atoms with van der Waals surface area (Å²) < 4.78 is 5.46. The van der Waals surface area contributed by atoms with Crippen LogP contribution in [0.4, 0.5) is 5.69 Å². The Hall–Kier alpha value is -2.50. The molecular formula is C22H26ClN3O2. The van der Waals surface area contributed by atoms with Crippen molar-refractivity contribution in [2.45, 2.75) is 0 Å². The average molecular weight is 400 g/mol. The zero-order valence-corrected chi connectivity index (χ0v) is 16.9. The molecule has 0 atom stereocenters. The van der Waals surface area contributed by atoms with Gasteiger partial charge >= 0.3 is 0 Å². The molecule has 1 fully saturated rings. The Labute approximate surface area is 171 Å². The van der Waals surface area contributed by atoms with Crippen LogP contribution in [-0.4, -0.2) is 57.2 Å². The number of ether oxygens (including phenoxy) is 1. The fourth-order valence-electron chi connectivity index (χ4n) is 3.28. The highest BCUT2D eigenvalue weighted by atomic mass is 35.5. The molecule has 0 aliphatic carbocycles. The molecule has 1 saturated heterocycles. The van der Waals surface area contributed by atoms with Crippen molar-refractivity contribution in [1.82, 2.24) is 10.2 Å². The summed E-state index contributed by atoms with van der Waals surface area (Å²) in [6.07, 6.45) is 3.27. The average Bonchev–Trinajstić information content (AvgIpc) is 2.73. The molecule has 0 bridgehead atoms. The normalized spacial score (nSPS) is 15.0. The van der Waals surface area contributed by atoms with Gasteiger partial charge in [-0.25, -0.2) is 0 Å². The largest absolute Gasteiger partial charge is 0.495 e. The van der Waals surface area contributed by atoms with E-state index in [9.17, 15) is 4.79 Å². The summed E-state index contributed by atoms with van der Waals surface area (Å²) in [6.45, 7) is 5.28. The highest BCUT2D eigenvalue weighted by Gasteiger charge is 2.19. The van der Waals surface area contributed by atoms with Crippen LogP contribution in [0.2, 0.25) is 5.02 Å². The summed E-state index contributed by atoms with van der Waals surface area (Å²) in [5.74, 6) is 0.807. The Morgan fingerprint density at radius 2 is 1.82 bits per heavy atom. The molecule has 0 unspecified atom stereocenters. The second kappa shape index (κ2) is 10.2. The third-order valence-electron chi connectivity index (χ3n) is 4.84. The maximum atomic E-state index is 12.0. The lowest BCUT2D eigenvalue weighted by molar-refractivity contribution is -0.116. The van der Waals surface area contributed by atoms with Crippen molar-refractivity contribution in [2.24, 2.45) is 0 Å². The molecule has 1 aliphatic heterocycles. The molecule has 1 heterocycles. The monoisotopic (exact) mass is 399 g/mol. The minimum absolute atomic E-state index is 0.104. The predicted molar refractivity (Wildman–Crippen MR) is 115 cm³/mol. The molecular weight excluding hydrogens is 374 g/mol. The number of benzene rings is 2. The number of hydrogen-bond acceptors (Lipinski definition) is 4. The number of nitrogens with one attached hydrogen (secondary N) is 1. The third-order valence-corrected chi connectivity index (χ3v) is 5.19. The van der Waals surface area contributed by atoms with Gasteiger partial charge in [-0.15, -0.1) is 0 Å². The summed E-state index contributed by atoms with van der Waals surface area (Å²) >= 11 is 6.09. The van der Waals surface area contributed by atoms with Crippen LogP contribution >= 0.6 is 11.6 Å². The SMILES string of the molecule is COc1ccccc1N1CCN(CCNC(=O)/C=C/c2ccccc2Cl)CC1. The maximum Gasteiger partial charge on any atom is 0.244 e. The standard InChI is InChI=1S/C22H26ClN3O2/c1-28-21-9-5-4-8-20(21)26-16-14-25(15-17-26)13-12-24-22(27)11-10-18-6-2-3-7-19(18)23/h2-11H,12-17H2,1H3,(H,24,27)/b11-10+. The fraction of sp³-hybridized carbons (Fsp3) is 0.318. The summed E-state index contributed by atoms with van der Waals surface area (Å²) in [4.78, 5) is 16.7. The number of halogens is 1. The first kappa shape index (κ1) is 20.2. The number of para-hydroxylation sites is 2. The molecule has 3 rings (SSSR count). The van der Waals surface area contributed by atoms with Gasteiger partial charge in [0.05, 0.1) is 12.8 Å². The molecule has 5 nitrogen and oxygen atoms in total. The molecule has 1 amide bonds. The van der Waals surface area contributed by atoms with Crippen LogP contribution in [0.5, 0.6) is 5.75 Å². The van der Waals surface area contributed by atoms with Gasteiger partial charge in [0.2, 0.25) is 5.91 Å². The minimum Gasteiger partial charge on any atom is -0.495 e. The Balaban J connectivity index is 1.40. The molecule has 1 aliphatic rings. The highest BCUT2D eigenvalue weighted by molar-refractivity contribution is 6.32.